The summed E-state index contributed by atoms with van der Waals surface area (Å²) in [6.07, 6.45) is -0.231. The van der Waals surface area contributed by atoms with E-state index in [1.165, 1.54) is 0 Å². The lowest BCUT2D eigenvalue weighted by atomic mass is 10.1. The molecule has 2 amide bonds. The third-order valence-electron chi connectivity index (χ3n) is 5.07. The number of nitrogens with one attached hydrogen (secondary N) is 1. The third-order valence-corrected chi connectivity index (χ3v) is 5.07. The van der Waals surface area contributed by atoms with Crippen molar-refractivity contribution in [3.8, 4) is 0 Å². The van der Waals surface area contributed by atoms with Gasteiger partial charge in [0.05, 0.1) is 11.7 Å². The van der Waals surface area contributed by atoms with Gasteiger partial charge in [-0.05, 0) is 45.4 Å². The monoisotopic (exact) mass is 397 g/mol. The van der Waals surface area contributed by atoms with Crippen molar-refractivity contribution in [2.75, 3.05) is 26.2 Å². The Morgan fingerprint density at radius 1 is 0.931 bits per heavy atom. The Balaban J connectivity index is 1.68. The molecule has 1 fully saturated rings. The molecule has 7 heteroatoms. The van der Waals surface area contributed by atoms with Crippen molar-refractivity contribution in [3.05, 3.63) is 58.4 Å². The maximum absolute atomic E-state index is 13.0. The van der Waals surface area contributed by atoms with Crippen molar-refractivity contribution in [1.29, 1.82) is 0 Å². The highest BCUT2D eigenvalue weighted by atomic mass is 16.5. The van der Waals surface area contributed by atoms with Crippen molar-refractivity contribution in [1.82, 2.24) is 14.8 Å². The first-order valence-corrected chi connectivity index (χ1v) is 9.83. The molecule has 29 heavy (non-hydrogen) atoms. The number of amides is 2. The van der Waals surface area contributed by atoms with Gasteiger partial charge in [0.2, 0.25) is 0 Å². The van der Waals surface area contributed by atoms with Gasteiger partial charge in [-0.3, -0.25) is 9.59 Å². The standard InChI is InChI=1S/C22H27N3O4/c1-14(2)29-22(28)18-15(3)19(23-16(18)4)21(27)25-12-10-24(11-13-25)20(26)17-8-6-5-7-9-17/h5-9,14,23H,10-13H2,1-4H3. The molecule has 1 N–H and O–H groups in total. The maximum atomic E-state index is 13.0. The number of esters is 1. The van der Waals surface area contributed by atoms with E-state index in [-0.39, 0.29) is 17.9 Å². The number of aryl methyl sites for hydroxylation is 1. The van der Waals surface area contributed by atoms with Crippen LogP contribution in [-0.4, -0.2) is 64.9 Å². The zero-order valence-corrected chi connectivity index (χ0v) is 17.3. The molecule has 0 spiro atoms. The average molecular weight is 397 g/mol. The van der Waals surface area contributed by atoms with E-state index in [1.54, 1.807) is 49.6 Å². The van der Waals surface area contributed by atoms with Crippen LogP contribution in [-0.2, 0) is 4.74 Å². The molecule has 0 unspecified atom stereocenters. The van der Waals surface area contributed by atoms with Crippen LogP contribution >= 0.6 is 0 Å². The van der Waals surface area contributed by atoms with Crippen LogP contribution in [0.1, 0.15) is 56.3 Å². The predicted molar refractivity (Wildman–Crippen MR) is 109 cm³/mol. The Morgan fingerprint density at radius 3 is 2.03 bits per heavy atom. The molecule has 0 atom stereocenters. The fourth-order valence-corrected chi connectivity index (χ4v) is 3.58. The summed E-state index contributed by atoms with van der Waals surface area (Å²) in [4.78, 5) is 44.5. The molecule has 1 aliphatic rings. The number of hydrogen-bond acceptors (Lipinski definition) is 4. The topological polar surface area (TPSA) is 82.7 Å². The van der Waals surface area contributed by atoms with Gasteiger partial charge >= 0.3 is 5.97 Å². The van der Waals surface area contributed by atoms with Crippen LogP contribution in [0.5, 0.6) is 0 Å². The molecule has 7 nitrogen and oxygen atoms in total. The summed E-state index contributed by atoms with van der Waals surface area (Å²) in [7, 11) is 0. The highest BCUT2D eigenvalue weighted by Crippen LogP contribution is 2.22. The molecule has 1 aliphatic heterocycles. The fraction of sp³-hybridized carbons (Fsp3) is 0.409. The number of rotatable bonds is 4. The first-order chi connectivity index (χ1) is 13.8. The molecule has 3 rings (SSSR count). The van der Waals surface area contributed by atoms with Gasteiger partial charge in [-0.15, -0.1) is 0 Å². The molecule has 0 bridgehead atoms. The highest BCUT2D eigenvalue weighted by molar-refractivity contribution is 6.01. The third kappa shape index (κ3) is 4.34. The number of carbonyl (C=O) groups excluding carboxylic acids is 3. The molecule has 1 saturated heterocycles. The van der Waals surface area contributed by atoms with E-state index in [2.05, 4.69) is 4.98 Å². The molecule has 0 radical (unpaired) electrons. The van der Waals surface area contributed by atoms with E-state index in [4.69, 9.17) is 4.74 Å². The van der Waals surface area contributed by atoms with Crippen molar-refractivity contribution >= 4 is 17.8 Å². The van der Waals surface area contributed by atoms with Gasteiger partial charge in [-0.1, -0.05) is 18.2 Å². The SMILES string of the molecule is Cc1[nH]c(C(=O)N2CCN(C(=O)c3ccccc3)CC2)c(C)c1C(=O)OC(C)C. The molecule has 2 heterocycles. The van der Waals surface area contributed by atoms with Crippen LogP contribution in [0.2, 0.25) is 0 Å². The lowest BCUT2D eigenvalue weighted by Gasteiger charge is -2.34. The summed E-state index contributed by atoms with van der Waals surface area (Å²) in [5.41, 5.74) is 2.69. The maximum Gasteiger partial charge on any atom is 0.340 e. The lowest BCUT2D eigenvalue weighted by Crippen LogP contribution is -2.50. The van der Waals surface area contributed by atoms with Crippen molar-refractivity contribution in [2.45, 2.75) is 33.8 Å². The number of aromatic nitrogens is 1. The second-order valence-electron chi connectivity index (χ2n) is 7.53. The summed E-state index contributed by atoms with van der Waals surface area (Å²) in [5, 5.41) is 0. The molecular weight excluding hydrogens is 370 g/mol. The van der Waals surface area contributed by atoms with Gasteiger partial charge < -0.3 is 19.5 Å². The first-order valence-electron chi connectivity index (χ1n) is 9.83. The first kappa shape index (κ1) is 20.6. The summed E-state index contributed by atoms with van der Waals surface area (Å²) in [6.45, 7) is 8.93. The average Bonchev–Trinajstić information content (AvgIpc) is 3.01. The predicted octanol–water partition coefficient (Wildman–Crippen LogP) is 2.79. The van der Waals surface area contributed by atoms with Gasteiger partial charge in [0.15, 0.2) is 0 Å². The van der Waals surface area contributed by atoms with Gasteiger partial charge in [0.1, 0.15) is 5.69 Å². The number of piperazine rings is 1. The minimum atomic E-state index is -0.427. The summed E-state index contributed by atoms with van der Waals surface area (Å²) < 4.78 is 5.29. The van der Waals surface area contributed by atoms with E-state index < -0.39 is 5.97 Å². The van der Waals surface area contributed by atoms with Crippen LogP contribution in [0.4, 0.5) is 0 Å². The van der Waals surface area contributed by atoms with E-state index in [9.17, 15) is 14.4 Å². The second-order valence-corrected chi connectivity index (χ2v) is 7.53. The highest BCUT2D eigenvalue weighted by Gasteiger charge is 2.29. The van der Waals surface area contributed by atoms with Gasteiger partial charge in [0, 0.05) is 37.4 Å². The molecule has 154 valence electrons. The van der Waals surface area contributed by atoms with Crippen molar-refractivity contribution in [3.63, 3.8) is 0 Å². The van der Waals surface area contributed by atoms with Crippen molar-refractivity contribution < 1.29 is 19.1 Å². The zero-order chi connectivity index (χ0) is 21.1. The molecule has 1 aromatic carbocycles. The molecule has 0 aliphatic carbocycles. The number of H-pyrrole nitrogens is 1. The van der Waals surface area contributed by atoms with Crippen LogP contribution in [0.3, 0.4) is 0 Å². The quantitative estimate of drug-likeness (QED) is 0.805. The minimum absolute atomic E-state index is 0.0247. The second kappa shape index (κ2) is 8.51. The van der Waals surface area contributed by atoms with E-state index in [0.29, 0.717) is 54.3 Å². The van der Waals surface area contributed by atoms with Crippen LogP contribution in [0, 0.1) is 13.8 Å². The van der Waals surface area contributed by atoms with Crippen molar-refractivity contribution in [2.24, 2.45) is 0 Å². The molecular formula is C22H27N3O4. The summed E-state index contributed by atoms with van der Waals surface area (Å²) in [6, 6.07) is 9.14. The van der Waals surface area contributed by atoms with Crippen LogP contribution in [0.15, 0.2) is 30.3 Å². The van der Waals surface area contributed by atoms with Crippen LogP contribution < -0.4 is 0 Å². The Hall–Kier alpha value is -3.09. The van der Waals surface area contributed by atoms with Gasteiger partial charge in [-0.25, -0.2) is 4.79 Å². The summed E-state index contributed by atoms with van der Waals surface area (Å²) in [5.74, 6) is -0.618. The number of benzene rings is 1. The largest absolute Gasteiger partial charge is 0.459 e. The summed E-state index contributed by atoms with van der Waals surface area (Å²) >= 11 is 0. The number of nitrogens with zero attached hydrogens (tertiary/aromatic N) is 2. The van der Waals surface area contributed by atoms with Crippen LogP contribution in [0.25, 0.3) is 0 Å². The van der Waals surface area contributed by atoms with E-state index in [1.807, 2.05) is 18.2 Å². The van der Waals surface area contributed by atoms with E-state index in [0.717, 1.165) is 0 Å². The smallest absolute Gasteiger partial charge is 0.340 e. The minimum Gasteiger partial charge on any atom is -0.459 e. The number of aromatic amines is 1. The van der Waals surface area contributed by atoms with Gasteiger partial charge in [0.25, 0.3) is 11.8 Å². The van der Waals surface area contributed by atoms with E-state index >= 15 is 0 Å². The zero-order valence-electron chi connectivity index (χ0n) is 17.3. The Morgan fingerprint density at radius 2 is 1.48 bits per heavy atom. The molecule has 2 aromatic rings. The lowest BCUT2D eigenvalue weighted by molar-refractivity contribution is 0.0376. The number of carbonyl (C=O) groups is 3. The molecule has 1 aromatic heterocycles. The number of ether oxygens (including phenoxy) is 1. The fourth-order valence-electron chi connectivity index (χ4n) is 3.58. The molecule has 0 saturated carbocycles. The Bertz CT molecular complexity index is 910. The Kier molecular flexibility index (Phi) is 6.06. The normalized spacial score (nSPS) is 14.2. The Labute approximate surface area is 170 Å². The number of hydrogen-bond donors (Lipinski definition) is 1. The van der Waals surface area contributed by atoms with Gasteiger partial charge in [-0.2, -0.15) is 0 Å².